The molecule has 0 aromatic heterocycles. The first-order valence-electron chi connectivity index (χ1n) is 6.72. The van der Waals surface area contributed by atoms with E-state index in [2.05, 4.69) is 21.2 Å². The Morgan fingerprint density at radius 3 is 2.42 bits per heavy atom. The quantitative estimate of drug-likeness (QED) is 0.923. The third-order valence-electron chi connectivity index (χ3n) is 3.72. The monoisotopic (exact) mass is 323 g/mol. The number of carbonyl (C=O) groups excluding carboxylic acids is 2. The summed E-state index contributed by atoms with van der Waals surface area (Å²) in [5.41, 5.74) is 0.949. The van der Waals surface area contributed by atoms with Gasteiger partial charge in [0.25, 0.3) is 0 Å². The van der Waals surface area contributed by atoms with Crippen molar-refractivity contribution in [3.05, 3.63) is 34.3 Å². The van der Waals surface area contributed by atoms with E-state index in [1.807, 2.05) is 31.2 Å². The number of benzene rings is 1. The lowest BCUT2D eigenvalue weighted by atomic mass is 9.84. The molecule has 0 heterocycles. The number of imide groups is 1. The van der Waals surface area contributed by atoms with Crippen LogP contribution in [0.1, 0.15) is 44.1 Å². The van der Waals surface area contributed by atoms with E-state index in [0.717, 1.165) is 29.3 Å². The molecule has 102 valence electrons. The van der Waals surface area contributed by atoms with Crippen molar-refractivity contribution in [2.24, 2.45) is 5.92 Å². The van der Waals surface area contributed by atoms with E-state index in [1.165, 1.54) is 0 Å². The average molecular weight is 324 g/mol. The van der Waals surface area contributed by atoms with Crippen LogP contribution in [0.3, 0.4) is 0 Å². The highest BCUT2D eigenvalue weighted by Crippen LogP contribution is 2.27. The van der Waals surface area contributed by atoms with E-state index in [9.17, 15) is 9.59 Å². The van der Waals surface area contributed by atoms with Gasteiger partial charge in [0.05, 0.1) is 5.92 Å². The van der Waals surface area contributed by atoms with Crippen LogP contribution in [0.15, 0.2) is 28.7 Å². The molecule has 0 aliphatic heterocycles. The summed E-state index contributed by atoms with van der Waals surface area (Å²) < 4.78 is 0.983. The molecule has 1 unspecified atom stereocenters. The second-order valence-corrected chi connectivity index (χ2v) is 5.91. The van der Waals surface area contributed by atoms with Crippen molar-refractivity contribution in [1.29, 1.82) is 0 Å². The van der Waals surface area contributed by atoms with Crippen LogP contribution in [0.5, 0.6) is 0 Å². The van der Waals surface area contributed by atoms with Crippen molar-refractivity contribution < 1.29 is 9.59 Å². The van der Waals surface area contributed by atoms with E-state index in [-0.39, 0.29) is 23.7 Å². The third kappa shape index (κ3) is 3.44. The van der Waals surface area contributed by atoms with Gasteiger partial charge in [0, 0.05) is 10.4 Å². The number of nitrogens with one attached hydrogen (secondary N) is 1. The molecule has 0 spiro atoms. The zero-order chi connectivity index (χ0) is 13.8. The van der Waals surface area contributed by atoms with E-state index < -0.39 is 0 Å². The standard InChI is InChI=1S/C15H18BrNO2/c1-2-13(10-6-8-12(16)9-7-10)15(19)17-14(18)11-4-3-5-11/h6-9,11,13H,2-5H2,1H3,(H,17,18,19). The lowest BCUT2D eigenvalue weighted by molar-refractivity contribution is -0.135. The van der Waals surface area contributed by atoms with Crippen LogP contribution >= 0.6 is 15.9 Å². The number of amides is 2. The normalized spacial score (nSPS) is 16.5. The highest BCUT2D eigenvalue weighted by atomic mass is 79.9. The molecule has 0 radical (unpaired) electrons. The summed E-state index contributed by atoms with van der Waals surface area (Å²) in [4.78, 5) is 24.0. The lowest BCUT2D eigenvalue weighted by Gasteiger charge is -2.24. The molecule has 2 amide bonds. The molecular weight excluding hydrogens is 306 g/mol. The Morgan fingerprint density at radius 2 is 1.95 bits per heavy atom. The summed E-state index contributed by atoms with van der Waals surface area (Å²) in [7, 11) is 0. The van der Waals surface area contributed by atoms with Gasteiger partial charge in [0.1, 0.15) is 0 Å². The topological polar surface area (TPSA) is 46.2 Å². The van der Waals surface area contributed by atoms with Crippen LogP contribution in [0.2, 0.25) is 0 Å². The van der Waals surface area contributed by atoms with Crippen molar-refractivity contribution in [2.75, 3.05) is 0 Å². The summed E-state index contributed by atoms with van der Waals surface area (Å²) in [6, 6.07) is 7.68. The fourth-order valence-electron chi connectivity index (χ4n) is 2.25. The van der Waals surface area contributed by atoms with Gasteiger partial charge in [-0.15, -0.1) is 0 Å². The Balaban J connectivity index is 2.02. The minimum absolute atomic E-state index is 0.0476. The first kappa shape index (κ1) is 14.3. The third-order valence-corrected chi connectivity index (χ3v) is 4.25. The number of carbonyl (C=O) groups is 2. The van der Waals surface area contributed by atoms with Crippen LogP contribution in [0.25, 0.3) is 0 Å². The summed E-state index contributed by atoms with van der Waals surface area (Å²) in [6.07, 6.45) is 3.60. The first-order valence-corrected chi connectivity index (χ1v) is 7.51. The molecule has 1 N–H and O–H groups in total. The molecule has 3 nitrogen and oxygen atoms in total. The molecule has 0 saturated heterocycles. The Hall–Kier alpha value is -1.16. The van der Waals surface area contributed by atoms with E-state index >= 15 is 0 Å². The van der Waals surface area contributed by atoms with Crippen molar-refractivity contribution in [1.82, 2.24) is 5.32 Å². The Labute approximate surface area is 121 Å². The zero-order valence-corrected chi connectivity index (χ0v) is 12.6. The fourth-order valence-corrected chi connectivity index (χ4v) is 2.51. The SMILES string of the molecule is CCC(C(=O)NC(=O)C1CCC1)c1ccc(Br)cc1. The molecule has 1 saturated carbocycles. The van der Waals surface area contributed by atoms with Crippen LogP contribution in [-0.4, -0.2) is 11.8 Å². The molecule has 1 fully saturated rings. The second-order valence-electron chi connectivity index (χ2n) is 4.99. The fraction of sp³-hybridized carbons (Fsp3) is 0.467. The van der Waals surface area contributed by atoms with Crippen LogP contribution in [0.4, 0.5) is 0 Å². The molecule has 1 aliphatic rings. The van der Waals surface area contributed by atoms with Crippen molar-refractivity contribution in [3.63, 3.8) is 0 Å². The predicted molar refractivity (Wildman–Crippen MR) is 77.7 cm³/mol. The number of rotatable bonds is 4. The predicted octanol–water partition coefficient (Wildman–Crippen LogP) is 3.39. The Kier molecular flexibility index (Phi) is 4.75. The van der Waals surface area contributed by atoms with Crippen LogP contribution in [-0.2, 0) is 9.59 Å². The van der Waals surface area contributed by atoms with Gasteiger partial charge in [-0.25, -0.2) is 0 Å². The summed E-state index contributed by atoms with van der Waals surface area (Å²) in [6.45, 7) is 1.96. The maximum atomic E-state index is 12.2. The van der Waals surface area contributed by atoms with Crippen molar-refractivity contribution in [2.45, 2.75) is 38.5 Å². The minimum atomic E-state index is -0.253. The molecule has 1 aromatic carbocycles. The van der Waals surface area contributed by atoms with E-state index in [4.69, 9.17) is 0 Å². The molecule has 1 aromatic rings. The average Bonchev–Trinajstić information content (AvgIpc) is 2.30. The number of hydrogen-bond acceptors (Lipinski definition) is 2. The van der Waals surface area contributed by atoms with Gasteiger partial charge in [0.15, 0.2) is 0 Å². The van der Waals surface area contributed by atoms with Crippen molar-refractivity contribution in [3.8, 4) is 0 Å². The van der Waals surface area contributed by atoms with Gasteiger partial charge in [-0.05, 0) is 37.0 Å². The number of hydrogen-bond donors (Lipinski definition) is 1. The Bertz CT molecular complexity index is 466. The van der Waals surface area contributed by atoms with Crippen LogP contribution < -0.4 is 5.32 Å². The summed E-state index contributed by atoms with van der Waals surface area (Å²) in [5, 5.41) is 2.56. The van der Waals surface area contributed by atoms with E-state index in [0.29, 0.717) is 6.42 Å². The Morgan fingerprint density at radius 1 is 1.32 bits per heavy atom. The van der Waals surface area contributed by atoms with E-state index in [1.54, 1.807) is 0 Å². The molecular formula is C15H18BrNO2. The van der Waals surface area contributed by atoms with Gasteiger partial charge in [0.2, 0.25) is 11.8 Å². The molecule has 4 heteroatoms. The summed E-state index contributed by atoms with van der Waals surface area (Å²) in [5.74, 6) is -0.489. The molecule has 1 atom stereocenters. The van der Waals surface area contributed by atoms with Gasteiger partial charge in [-0.3, -0.25) is 14.9 Å². The van der Waals surface area contributed by atoms with Gasteiger partial charge in [-0.2, -0.15) is 0 Å². The van der Waals surface area contributed by atoms with Crippen LogP contribution in [0, 0.1) is 5.92 Å². The minimum Gasteiger partial charge on any atom is -0.296 e. The maximum Gasteiger partial charge on any atom is 0.234 e. The molecule has 1 aliphatic carbocycles. The first-order chi connectivity index (χ1) is 9.11. The summed E-state index contributed by atoms with van der Waals surface area (Å²) >= 11 is 3.38. The van der Waals surface area contributed by atoms with Gasteiger partial charge < -0.3 is 0 Å². The maximum absolute atomic E-state index is 12.2. The van der Waals surface area contributed by atoms with Gasteiger partial charge >= 0.3 is 0 Å². The smallest absolute Gasteiger partial charge is 0.234 e. The zero-order valence-electron chi connectivity index (χ0n) is 11.0. The molecule has 19 heavy (non-hydrogen) atoms. The molecule has 0 bridgehead atoms. The highest BCUT2D eigenvalue weighted by molar-refractivity contribution is 9.10. The van der Waals surface area contributed by atoms with Gasteiger partial charge in [-0.1, -0.05) is 41.4 Å². The lowest BCUT2D eigenvalue weighted by Crippen LogP contribution is -2.40. The molecule has 2 rings (SSSR count). The van der Waals surface area contributed by atoms with Crippen molar-refractivity contribution >= 4 is 27.7 Å². The largest absolute Gasteiger partial charge is 0.296 e. The highest BCUT2D eigenvalue weighted by Gasteiger charge is 2.28. The second kappa shape index (κ2) is 6.33. The number of halogens is 1.